The van der Waals surface area contributed by atoms with E-state index in [1.54, 1.807) is 0 Å². The lowest BCUT2D eigenvalue weighted by Crippen LogP contribution is -2.44. The Morgan fingerprint density at radius 1 is 0.183 bits per heavy atom. The number of aliphatic hydroxyl groups is 1. The maximum Gasteiger partial charge on any atom is 0.173 e. The zero-order chi connectivity index (χ0) is 79.3. The molecule has 0 fully saturated rings. The summed E-state index contributed by atoms with van der Waals surface area (Å²) < 4.78 is 155. The van der Waals surface area contributed by atoms with Gasteiger partial charge in [0, 0.05) is 52.9 Å². The van der Waals surface area contributed by atoms with Crippen LogP contribution in [0.3, 0.4) is 0 Å². The standard InChI is InChI=1S/C77H164O28Si4/c1-11-13-71-106(3,4)104-108(7,8)73-21-29-101-75-77(76-102-30-22-74-109(9,10)105-107(5,6)72-14-12-2)103-70-69-100-68-67-99-66-65-98-64-63-97-62-61-96-60-59-95-58-57-94-56-55-93-54-53-92-52-51-91-50-49-90-48-47-89-46-45-88-44-43-87-42-41-86-40-39-85-38-37-84-36-35-83-34-33-82-32-31-81-28-20-19-27-80-26-18-17-25-79-24-16-15-23-78/h77-78H,11-76H2,1-10H3. The second-order valence-corrected chi connectivity index (χ2v) is 46.3. The van der Waals surface area contributed by atoms with Crippen molar-refractivity contribution in [3.63, 3.8) is 0 Å². The Hall–Kier alpha value is -0.252. The van der Waals surface area contributed by atoms with Gasteiger partial charge in [-0.25, -0.2) is 0 Å². The lowest BCUT2D eigenvalue weighted by molar-refractivity contribution is -0.0763. The number of hydrogen-bond donors (Lipinski definition) is 1. The summed E-state index contributed by atoms with van der Waals surface area (Å²) in [4.78, 5) is 0. The summed E-state index contributed by atoms with van der Waals surface area (Å²) in [7, 11) is -6.76. The van der Waals surface area contributed by atoms with Crippen LogP contribution in [0.1, 0.15) is 90.9 Å². The summed E-state index contributed by atoms with van der Waals surface area (Å²) in [5.41, 5.74) is 0. The third-order valence-corrected chi connectivity index (χ3v) is 31.2. The van der Waals surface area contributed by atoms with Crippen LogP contribution in [0, 0.1) is 0 Å². The molecular weight excluding hydrogens is 1490 g/mol. The number of unbranched alkanes of at least 4 members (excludes halogenated alkanes) is 5. The highest BCUT2D eigenvalue weighted by Gasteiger charge is 2.33. The van der Waals surface area contributed by atoms with E-state index in [9.17, 15) is 0 Å². The van der Waals surface area contributed by atoms with Crippen LogP contribution in [0.25, 0.3) is 0 Å². The van der Waals surface area contributed by atoms with Gasteiger partial charge < -0.3 is 132 Å². The van der Waals surface area contributed by atoms with E-state index in [1.807, 2.05) is 0 Å². The van der Waals surface area contributed by atoms with Crippen molar-refractivity contribution < 1.29 is 132 Å². The van der Waals surface area contributed by atoms with E-state index in [-0.39, 0.29) is 12.7 Å². The SMILES string of the molecule is CCCC[Si](C)(C)O[Si](C)(C)CCCOCC(COCCC[Si](C)(C)O[Si](C)(C)CCCC)OCCOCCOCCOCCOCCOCCOCCOCCOCCOCCOCCOCCOCCOCCOCCOCCOCCOCCOCCOCCOCCCCOCCCCOCCCCO. The molecule has 0 saturated heterocycles. The minimum Gasteiger partial charge on any atom is -0.455 e. The van der Waals surface area contributed by atoms with Crippen molar-refractivity contribution in [2.75, 3.05) is 330 Å². The van der Waals surface area contributed by atoms with Crippen molar-refractivity contribution in [3.05, 3.63) is 0 Å². The molecule has 656 valence electrons. The van der Waals surface area contributed by atoms with Crippen molar-refractivity contribution in [1.29, 1.82) is 0 Å². The van der Waals surface area contributed by atoms with Gasteiger partial charge >= 0.3 is 0 Å². The monoisotopic (exact) mass is 1650 g/mol. The molecule has 0 bridgehead atoms. The van der Waals surface area contributed by atoms with Crippen LogP contribution in [0.4, 0.5) is 0 Å². The smallest absolute Gasteiger partial charge is 0.173 e. The average molecular weight is 1650 g/mol. The molecule has 0 aliphatic carbocycles. The zero-order valence-corrected chi connectivity index (χ0v) is 74.7. The molecule has 0 aromatic heterocycles. The maximum absolute atomic E-state index is 8.75. The molecule has 32 heteroatoms. The fraction of sp³-hybridized carbons (Fsp3) is 1.00. The van der Waals surface area contributed by atoms with Crippen LogP contribution in [0.5, 0.6) is 0 Å². The molecule has 0 unspecified atom stereocenters. The van der Waals surface area contributed by atoms with Crippen molar-refractivity contribution in [3.8, 4) is 0 Å². The second kappa shape index (κ2) is 85.6. The van der Waals surface area contributed by atoms with Crippen molar-refractivity contribution in [2.24, 2.45) is 0 Å². The minimum atomic E-state index is -1.75. The van der Waals surface area contributed by atoms with E-state index in [0.29, 0.717) is 297 Å². The highest BCUT2D eigenvalue weighted by atomic mass is 28.4. The van der Waals surface area contributed by atoms with E-state index in [0.717, 1.165) is 89.9 Å². The Kier molecular flexibility index (Phi) is 85.4. The molecule has 0 aromatic carbocycles. The van der Waals surface area contributed by atoms with Crippen LogP contribution < -0.4 is 0 Å². The number of hydrogen-bond acceptors (Lipinski definition) is 28. The molecule has 0 saturated carbocycles. The second-order valence-electron chi connectivity index (χ2n) is 28.6. The van der Waals surface area contributed by atoms with Crippen LogP contribution in [0.2, 0.25) is 76.6 Å². The van der Waals surface area contributed by atoms with E-state index < -0.39 is 33.3 Å². The molecule has 0 rings (SSSR count). The van der Waals surface area contributed by atoms with E-state index in [4.69, 9.17) is 132 Å². The largest absolute Gasteiger partial charge is 0.455 e. The molecule has 0 spiro atoms. The predicted molar refractivity (Wildman–Crippen MR) is 435 cm³/mol. The fourth-order valence-corrected chi connectivity index (χ4v) is 28.6. The summed E-state index contributed by atoms with van der Waals surface area (Å²) >= 11 is 0. The minimum absolute atomic E-state index is 0.163. The first-order chi connectivity index (χ1) is 53.2. The number of aliphatic hydroxyl groups excluding tert-OH is 1. The summed E-state index contributed by atoms with van der Waals surface area (Å²) in [5.74, 6) is 0. The van der Waals surface area contributed by atoms with Crippen LogP contribution in [0.15, 0.2) is 0 Å². The fourth-order valence-electron chi connectivity index (χ4n) is 10.6. The van der Waals surface area contributed by atoms with Gasteiger partial charge in [-0.2, -0.15) is 0 Å². The predicted octanol–water partition coefficient (Wildman–Crippen LogP) is 10.3. The summed E-state index contributed by atoms with van der Waals surface area (Å²) in [6.45, 7) is 49.3. The summed E-state index contributed by atoms with van der Waals surface area (Å²) in [6, 6.07) is 4.66. The van der Waals surface area contributed by atoms with Gasteiger partial charge in [0.2, 0.25) is 0 Å². The normalized spacial score (nSPS) is 12.6. The molecule has 28 nitrogen and oxygen atoms in total. The molecule has 1 N–H and O–H groups in total. The van der Waals surface area contributed by atoms with Crippen molar-refractivity contribution in [1.82, 2.24) is 0 Å². The Morgan fingerprint density at radius 3 is 0.532 bits per heavy atom. The molecule has 0 aliphatic rings. The van der Waals surface area contributed by atoms with Gasteiger partial charge in [-0.05, 0) is 128 Å². The van der Waals surface area contributed by atoms with Crippen molar-refractivity contribution in [2.45, 2.75) is 174 Å². The Bertz CT molecular complexity index is 1710. The quantitative estimate of drug-likeness (QED) is 0.0438. The first-order valence-corrected chi connectivity index (χ1v) is 54.1. The van der Waals surface area contributed by atoms with Gasteiger partial charge in [-0.3, -0.25) is 0 Å². The molecule has 0 aliphatic heterocycles. The van der Waals surface area contributed by atoms with Crippen LogP contribution in [-0.2, 0) is 127 Å². The van der Waals surface area contributed by atoms with Crippen LogP contribution in [-0.4, -0.2) is 375 Å². The first-order valence-electron chi connectivity index (χ1n) is 41.7. The van der Waals surface area contributed by atoms with Gasteiger partial charge in [-0.1, -0.05) is 39.5 Å². The van der Waals surface area contributed by atoms with Crippen LogP contribution >= 0.6 is 0 Å². The molecule has 0 radical (unpaired) electrons. The number of ether oxygens (including phenoxy) is 25. The Balaban J connectivity index is 3.48. The lowest BCUT2D eigenvalue weighted by Gasteiger charge is -2.34. The van der Waals surface area contributed by atoms with E-state index in [1.165, 1.54) is 37.8 Å². The number of rotatable bonds is 97. The molecule has 109 heavy (non-hydrogen) atoms. The Labute approximate surface area is 665 Å². The van der Waals surface area contributed by atoms with Gasteiger partial charge in [0.05, 0.1) is 277 Å². The molecule has 0 aromatic rings. The third kappa shape index (κ3) is 89.9. The average Bonchev–Trinajstić information content (AvgIpc) is 0.877. The van der Waals surface area contributed by atoms with Gasteiger partial charge in [0.25, 0.3) is 0 Å². The van der Waals surface area contributed by atoms with Crippen molar-refractivity contribution >= 4 is 33.3 Å². The van der Waals surface area contributed by atoms with Gasteiger partial charge in [0.1, 0.15) is 6.10 Å². The molecule has 0 amide bonds. The molecule has 0 atom stereocenters. The zero-order valence-electron chi connectivity index (χ0n) is 70.7. The van der Waals surface area contributed by atoms with E-state index >= 15 is 0 Å². The van der Waals surface area contributed by atoms with E-state index in [2.05, 4.69) is 66.2 Å². The summed E-state index contributed by atoms with van der Waals surface area (Å²) in [5, 5.41) is 8.75. The topological polar surface area (TPSA) is 269 Å². The lowest BCUT2D eigenvalue weighted by atomic mass is 10.3. The first kappa shape index (κ1) is 109. The summed E-state index contributed by atoms with van der Waals surface area (Å²) in [6.07, 6.45) is 12.5. The molecular formula is C77H164O28Si4. The van der Waals surface area contributed by atoms with Gasteiger partial charge in [0.15, 0.2) is 33.3 Å². The highest BCUT2D eigenvalue weighted by molar-refractivity contribution is 6.85. The van der Waals surface area contributed by atoms with Gasteiger partial charge in [-0.15, -0.1) is 0 Å². The highest BCUT2D eigenvalue weighted by Crippen LogP contribution is 2.26. The maximum atomic E-state index is 8.75. The third-order valence-electron chi connectivity index (χ3n) is 16.1. The molecule has 0 heterocycles. The Morgan fingerprint density at radius 2 is 0.339 bits per heavy atom.